The van der Waals surface area contributed by atoms with Crippen molar-refractivity contribution in [1.29, 1.82) is 0 Å². The number of aromatic nitrogens is 4. The average molecular weight is 617 g/mol. The van der Waals surface area contributed by atoms with Gasteiger partial charge in [-0.15, -0.1) is 0 Å². The molecule has 1 amide bonds. The molecule has 2 aliphatic rings. The standard InChI is InChI=1S/C33H40N6O4S/c1-23-18-24(21-37-14-16-44(41,42)17-15-37)8-9-27(23)28-6-5-7-29-31(28)36-30(20-34-29)25-19-35-39(22-25)26-10-12-38(13-11-26)32(40)43-33(2,3)4/h5-9,18-20,22,26H,10-17,21H2,1-4H3. The van der Waals surface area contributed by atoms with Crippen LogP contribution in [-0.4, -0.2) is 87.3 Å². The Balaban J connectivity index is 1.18. The lowest BCUT2D eigenvalue weighted by atomic mass is 9.97. The zero-order chi connectivity index (χ0) is 31.1. The Kier molecular flexibility index (Phi) is 8.19. The molecule has 2 aromatic carbocycles. The molecular formula is C33H40N6O4S. The van der Waals surface area contributed by atoms with Crippen molar-refractivity contribution in [2.45, 2.75) is 58.7 Å². The zero-order valence-corrected chi connectivity index (χ0v) is 26.7. The van der Waals surface area contributed by atoms with Gasteiger partial charge < -0.3 is 9.64 Å². The second-order valence-corrected chi connectivity index (χ2v) is 15.2. The molecule has 10 nitrogen and oxygen atoms in total. The van der Waals surface area contributed by atoms with Crippen molar-refractivity contribution < 1.29 is 17.9 Å². The van der Waals surface area contributed by atoms with Crippen molar-refractivity contribution in [2.24, 2.45) is 0 Å². The number of nitrogens with zero attached hydrogens (tertiary/aromatic N) is 6. The van der Waals surface area contributed by atoms with Gasteiger partial charge >= 0.3 is 6.09 Å². The summed E-state index contributed by atoms with van der Waals surface area (Å²) in [5, 5.41) is 4.66. The molecule has 0 spiro atoms. The molecule has 0 bridgehead atoms. The van der Waals surface area contributed by atoms with E-state index in [0.29, 0.717) is 26.2 Å². The van der Waals surface area contributed by atoms with Crippen LogP contribution in [0.4, 0.5) is 4.79 Å². The molecule has 0 unspecified atom stereocenters. The highest BCUT2D eigenvalue weighted by atomic mass is 32.2. The number of fused-ring (bicyclic) bond motifs is 1. The predicted octanol–water partition coefficient (Wildman–Crippen LogP) is 5.27. The minimum absolute atomic E-state index is 0.196. The number of piperidine rings is 1. The number of benzene rings is 2. The summed E-state index contributed by atoms with van der Waals surface area (Å²) in [5.41, 5.74) is 7.24. The second-order valence-electron chi connectivity index (χ2n) is 12.9. The lowest BCUT2D eigenvalue weighted by Crippen LogP contribution is -2.42. The maximum absolute atomic E-state index is 12.5. The number of rotatable bonds is 5. The number of amides is 1. The van der Waals surface area contributed by atoms with E-state index in [9.17, 15) is 13.2 Å². The van der Waals surface area contributed by atoms with Crippen molar-refractivity contribution in [1.82, 2.24) is 29.5 Å². The molecule has 0 radical (unpaired) electrons. The van der Waals surface area contributed by atoms with E-state index >= 15 is 0 Å². The van der Waals surface area contributed by atoms with Crippen LogP contribution in [0.25, 0.3) is 33.4 Å². The third kappa shape index (κ3) is 6.78. The van der Waals surface area contributed by atoms with Gasteiger partial charge in [-0.1, -0.05) is 30.3 Å². The van der Waals surface area contributed by atoms with E-state index in [1.807, 2.05) is 50.0 Å². The predicted molar refractivity (Wildman–Crippen MR) is 171 cm³/mol. The highest BCUT2D eigenvalue weighted by Gasteiger charge is 2.28. The summed E-state index contributed by atoms with van der Waals surface area (Å²) in [6, 6.07) is 12.7. The molecule has 232 valence electrons. The quantitative estimate of drug-likeness (QED) is 0.298. The number of hydrogen-bond acceptors (Lipinski definition) is 8. The fourth-order valence-electron chi connectivity index (χ4n) is 5.99. The van der Waals surface area contributed by atoms with Gasteiger partial charge in [0.05, 0.1) is 46.7 Å². The van der Waals surface area contributed by atoms with E-state index in [4.69, 9.17) is 14.7 Å². The van der Waals surface area contributed by atoms with Gasteiger partial charge in [0.2, 0.25) is 0 Å². The molecule has 0 aliphatic carbocycles. The van der Waals surface area contributed by atoms with E-state index < -0.39 is 15.4 Å². The molecule has 4 heterocycles. The van der Waals surface area contributed by atoms with Gasteiger partial charge in [-0.2, -0.15) is 5.10 Å². The second kappa shape index (κ2) is 11.9. The van der Waals surface area contributed by atoms with Gasteiger partial charge in [0, 0.05) is 50.0 Å². The van der Waals surface area contributed by atoms with Crippen LogP contribution < -0.4 is 0 Å². The Morgan fingerprint density at radius 1 is 1.00 bits per heavy atom. The van der Waals surface area contributed by atoms with E-state index in [2.05, 4.69) is 41.2 Å². The molecule has 2 aliphatic heterocycles. The Hall–Kier alpha value is -3.83. The fraction of sp³-hybridized carbons (Fsp3) is 0.455. The summed E-state index contributed by atoms with van der Waals surface area (Å²) in [5.74, 6) is 0.459. The van der Waals surface area contributed by atoms with E-state index in [0.717, 1.165) is 58.4 Å². The van der Waals surface area contributed by atoms with Crippen LogP contribution in [0.3, 0.4) is 0 Å². The van der Waals surface area contributed by atoms with Crippen LogP contribution in [0.5, 0.6) is 0 Å². The number of sulfone groups is 1. The van der Waals surface area contributed by atoms with E-state index in [1.165, 1.54) is 5.56 Å². The lowest BCUT2D eigenvalue weighted by Gasteiger charge is -2.33. The first-order chi connectivity index (χ1) is 20.9. The minimum Gasteiger partial charge on any atom is -0.444 e. The van der Waals surface area contributed by atoms with Crippen LogP contribution in [0.1, 0.15) is 50.8 Å². The smallest absolute Gasteiger partial charge is 0.410 e. The number of para-hydroxylation sites is 1. The van der Waals surface area contributed by atoms with Crippen LogP contribution >= 0.6 is 0 Å². The molecule has 2 saturated heterocycles. The van der Waals surface area contributed by atoms with E-state index in [-0.39, 0.29) is 23.6 Å². The number of carbonyl (C=O) groups is 1. The van der Waals surface area contributed by atoms with Crippen molar-refractivity contribution in [3.05, 3.63) is 66.1 Å². The number of ether oxygens (including phenoxy) is 1. The number of aryl methyl sites for hydroxylation is 1. The first-order valence-electron chi connectivity index (χ1n) is 15.2. The summed E-state index contributed by atoms with van der Waals surface area (Å²) in [7, 11) is -2.89. The van der Waals surface area contributed by atoms with Crippen molar-refractivity contribution in [3.8, 4) is 22.4 Å². The number of hydrogen-bond donors (Lipinski definition) is 0. The summed E-state index contributed by atoms with van der Waals surface area (Å²) in [6.45, 7) is 10.9. The first-order valence-corrected chi connectivity index (χ1v) is 17.1. The van der Waals surface area contributed by atoms with Crippen molar-refractivity contribution in [3.63, 3.8) is 0 Å². The molecule has 11 heteroatoms. The van der Waals surface area contributed by atoms with Crippen molar-refractivity contribution in [2.75, 3.05) is 37.7 Å². The third-order valence-electron chi connectivity index (χ3n) is 8.38. The maximum Gasteiger partial charge on any atom is 0.410 e. The molecule has 2 aromatic heterocycles. The normalized spacial score (nSPS) is 18.0. The van der Waals surface area contributed by atoms with Gasteiger partial charge in [-0.05, 0) is 63.3 Å². The van der Waals surface area contributed by atoms with Crippen LogP contribution in [-0.2, 0) is 21.1 Å². The summed E-state index contributed by atoms with van der Waals surface area (Å²) < 4.78 is 31.1. The summed E-state index contributed by atoms with van der Waals surface area (Å²) in [6.07, 6.45) is 7.01. The fourth-order valence-corrected chi connectivity index (χ4v) is 7.27. The average Bonchev–Trinajstić information content (AvgIpc) is 3.48. The zero-order valence-electron chi connectivity index (χ0n) is 25.9. The van der Waals surface area contributed by atoms with Crippen LogP contribution in [0, 0.1) is 6.92 Å². The largest absolute Gasteiger partial charge is 0.444 e. The van der Waals surface area contributed by atoms with Gasteiger partial charge in [-0.3, -0.25) is 14.6 Å². The lowest BCUT2D eigenvalue weighted by molar-refractivity contribution is 0.0184. The molecule has 6 rings (SSSR count). The molecule has 4 aromatic rings. The van der Waals surface area contributed by atoms with Gasteiger partial charge in [0.15, 0.2) is 9.84 Å². The number of likely N-dealkylation sites (tertiary alicyclic amines) is 1. The third-order valence-corrected chi connectivity index (χ3v) is 9.99. The molecule has 0 atom stereocenters. The SMILES string of the molecule is Cc1cc(CN2CCS(=O)(=O)CC2)ccc1-c1cccc2ncc(-c3cnn(C4CCN(C(=O)OC(C)(C)C)CC4)c3)nc12. The highest BCUT2D eigenvalue weighted by molar-refractivity contribution is 7.91. The van der Waals surface area contributed by atoms with Gasteiger partial charge in [-0.25, -0.2) is 18.2 Å². The molecule has 2 fully saturated rings. The molecule has 0 N–H and O–H groups in total. The monoisotopic (exact) mass is 616 g/mol. The minimum atomic E-state index is -2.89. The number of carbonyl (C=O) groups excluding carboxylic acids is 1. The Morgan fingerprint density at radius 3 is 2.45 bits per heavy atom. The molecular weight excluding hydrogens is 576 g/mol. The first kappa shape index (κ1) is 30.2. The Bertz CT molecular complexity index is 1770. The molecule has 44 heavy (non-hydrogen) atoms. The summed E-state index contributed by atoms with van der Waals surface area (Å²) in [4.78, 5) is 26.3. The van der Waals surface area contributed by atoms with Gasteiger partial charge in [0.25, 0.3) is 0 Å². The maximum atomic E-state index is 12.5. The van der Waals surface area contributed by atoms with Crippen LogP contribution in [0.15, 0.2) is 55.0 Å². The van der Waals surface area contributed by atoms with E-state index in [1.54, 1.807) is 11.1 Å². The highest BCUT2D eigenvalue weighted by Crippen LogP contribution is 2.32. The molecule has 0 saturated carbocycles. The summed E-state index contributed by atoms with van der Waals surface area (Å²) >= 11 is 0. The van der Waals surface area contributed by atoms with Gasteiger partial charge in [0.1, 0.15) is 5.60 Å². The van der Waals surface area contributed by atoms with Crippen molar-refractivity contribution >= 4 is 27.0 Å². The topological polar surface area (TPSA) is 111 Å². The Labute approximate surface area is 259 Å². The van der Waals surface area contributed by atoms with Crippen LogP contribution in [0.2, 0.25) is 0 Å². The Morgan fingerprint density at radius 2 is 1.75 bits per heavy atom.